The first kappa shape index (κ1) is 56.2. The van der Waals surface area contributed by atoms with E-state index >= 15 is 0 Å². The second-order valence-electron chi connectivity index (χ2n) is 22.6. The smallest absolute Gasteiger partial charge is 0.128 e. The van der Waals surface area contributed by atoms with Gasteiger partial charge in [0, 0.05) is 46.8 Å². The fourth-order valence-corrected chi connectivity index (χ4v) is 9.62. The molecule has 0 unspecified atom stereocenters. The monoisotopic (exact) mass is 1070 g/mol. The van der Waals surface area contributed by atoms with Crippen LogP contribution in [0.2, 0.25) is 0 Å². The number of hydrogen-bond donors (Lipinski definition) is 2. The molecule has 1 fully saturated rings. The minimum atomic E-state index is -0.402. The molecule has 2 atom stereocenters. The van der Waals surface area contributed by atoms with Gasteiger partial charge >= 0.3 is 0 Å². The SMILES string of the molecule is CC(C)(C)c1cc(OCc2cc(OCc3ccccc3)cc(OCc3ccccc3)c2)cc(C=N[C@@H]2CCCC[C@H]2N=Cc2cc(OCc3cc(OCc4ccccc4)cc(OCc4ccccc4)c3)cc(C(C)(C)C)c2O)c1O. The van der Waals surface area contributed by atoms with Gasteiger partial charge in [0.25, 0.3) is 0 Å². The second kappa shape index (κ2) is 26.4. The van der Waals surface area contributed by atoms with Crippen molar-refractivity contribution in [3.63, 3.8) is 0 Å². The van der Waals surface area contributed by atoms with Crippen molar-refractivity contribution in [2.24, 2.45) is 9.98 Å². The molecule has 1 saturated carbocycles. The Bertz CT molecular complexity index is 2980. The lowest BCUT2D eigenvalue weighted by atomic mass is 9.85. The predicted molar refractivity (Wildman–Crippen MR) is 319 cm³/mol. The molecule has 80 heavy (non-hydrogen) atoms. The van der Waals surface area contributed by atoms with E-state index in [1.54, 1.807) is 12.4 Å². The Balaban J connectivity index is 0.924. The van der Waals surface area contributed by atoms with Crippen LogP contribution in [0.5, 0.6) is 46.0 Å². The van der Waals surface area contributed by atoms with Crippen molar-refractivity contribution < 1.29 is 38.6 Å². The van der Waals surface area contributed by atoms with Crippen molar-refractivity contribution >= 4 is 12.4 Å². The summed E-state index contributed by atoms with van der Waals surface area (Å²) < 4.78 is 38.3. The van der Waals surface area contributed by atoms with Crippen LogP contribution in [0.25, 0.3) is 0 Å². The predicted octanol–water partition coefficient (Wildman–Crippen LogP) is 16.0. The van der Waals surface area contributed by atoms with Crippen LogP contribution in [-0.2, 0) is 50.5 Å². The van der Waals surface area contributed by atoms with Crippen LogP contribution >= 0.6 is 0 Å². The Hall–Kier alpha value is -8.50. The number of aliphatic imine (C=N–C) groups is 2. The molecule has 8 aromatic rings. The van der Waals surface area contributed by atoms with Crippen molar-refractivity contribution in [1.82, 2.24) is 0 Å². The standard InChI is InChI=1S/C70H74N2O8/c1-69(2,3)63-39-61(79-47-53-31-57(75-43-49-21-11-7-12-22-49)37-58(32-53)76-44-50-23-13-8-14-24-50)35-55(67(63)73)41-71-65-29-19-20-30-66(65)72-42-56-36-62(40-64(68(56)74)70(4,5)6)80-48-54-33-59(77-45-51-25-15-9-16-26-51)38-60(34-54)78-46-52-27-17-10-18-28-52/h7-18,21-28,31-42,65-66,73-74H,19-20,29-30,43-48H2,1-6H3/t65-,66-/m1/s1. The summed E-state index contributed by atoms with van der Waals surface area (Å²) in [6.45, 7) is 14.5. The summed E-state index contributed by atoms with van der Waals surface area (Å²) in [5.74, 6) is 4.21. The normalized spacial score (nSPS) is 14.7. The van der Waals surface area contributed by atoms with Gasteiger partial charge in [-0.3, -0.25) is 9.98 Å². The molecule has 0 amide bonds. The topological polar surface area (TPSA) is 121 Å². The zero-order chi connectivity index (χ0) is 55.9. The molecule has 10 heteroatoms. The Morgan fingerprint density at radius 1 is 0.362 bits per heavy atom. The van der Waals surface area contributed by atoms with Crippen LogP contribution < -0.4 is 28.4 Å². The second-order valence-corrected chi connectivity index (χ2v) is 22.6. The van der Waals surface area contributed by atoms with E-state index in [9.17, 15) is 10.2 Å². The number of phenolic OH excluding ortho intramolecular Hbond substituents is 2. The third kappa shape index (κ3) is 16.1. The highest BCUT2D eigenvalue weighted by molar-refractivity contribution is 5.86. The lowest BCUT2D eigenvalue weighted by Crippen LogP contribution is -2.27. The minimum absolute atomic E-state index is 0.159. The average Bonchev–Trinajstić information content (AvgIpc) is 3.47. The van der Waals surface area contributed by atoms with E-state index in [0.29, 0.717) is 72.1 Å². The van der Waals surface area contributed by atoms with E-state index < -0.39 is 10.8 Å². The number of hydrogen-bond acceptors (Lipinski definition) is 10. The third-order valence-corrected chi connectivity index (χ3v) is 14.0. The van der Waals surface area contributed by atoms with E-state index in [1.807, 2.05) is 182 Å². The summed E-state index contributed by atoms with van der Waals surface area (Å²) in [7, 11) is 0. The number of phenols is 2. The molecule has 0 spiro atoms. The summed E-state index contributed by atoms with van der Waals surface area (Å²) in [5, 5.41) is 23.6. The van der Waals surface area contributed by atoms with Gasteiger partial charge in [0.1, 0.15) is 85.6 Å². The summed E-state index contributed by atoms with van der Waals surface area (Å²) in [4.78, 5) is 10.3. The Morgan fingerprint density at radius 2 is 0.625 bits per heavy atom. The van der Waals surface area contributed by atoms with Gasteiger partial charge in [-0.1, -0.05) is 176 Å². The van der Waals surface area contributed by atoms with E-state index in [1.165, 1.54) is 0 Å². The largest absolute Gasteiger partial charge is 0.507 e. The number of ether oxygens (including phenoxy) is 6. The summed E-state index contributed by atoms with van der Waals surface area (Å²) in [5.41, 5.74) is 7.79. The highest BCUT2D eigenvalue weighted by Gasteiger charge is 2.27. The van der Waals surface area contributed by atoms with Gasteiger partial charge in [-0.2, -0.15) is 0 Å². The molecular weight excluding hydrogens is 997 g/mol. The lowest BCUT2D eigenvalue weighted by Gasteiger charge is -2.26. The maximum absolute atomic E-state index is 11.8. The average molecular weight is 1070 g/mol. The summed E-state index contributed by atoms with van der Waals surface area (Å²) in [6.07, 6.45) is 7.20. The molecule has 0 aromatic heterocycles. The molecule has 2 N–H and O–H groups in total. The number of nitrogens with zero attached hydrogens (tertiary/aromatic N) is 2. The molecule has 1 aliphatic carbocycles. The van der Waals surface area contributed by atoms with Crippen molar-refractivity contribution in [2.45, 2.75) is 130 Å². The molecule has 412 valence electrons. The van der Waals surface area contributed by atoms with Gasteiger partial charge in [0.2, 0.25) is 0 Å². The molecule has 8 aromatic carbocycles. The summed E-state index contributed by atoms with van der Waals surface area (Å²) in [6, 6.07) is 59.2. The number of aromatic hydroxyl groups is 2. The van der Waals surface area contributed by atoms with Crippen molar-refractivity contribution in [3.05, 3.63) is 238 Å². The van der Waals surface area contributed by atoms with E-state index in [2.05, 4.69) is 41.5 Å². The van der Waals surface area contributed by atoms with Crippen molar-refractivity contribution in [1.29, 1.82) is 0 Å². The molecule has 0 heterocycles. The van der Waals surface area contributed by atoms with Crippen LogP contribution in [0, 0.1) is 0 Å². The fraction of sp³-hybridized carbons (Fsp3) is 0.286. The number of benzene rings is 8. The Labute approximate surface area is 472 Å². The summed E-state index contributed by atoms with van der Waals surface area (Å²) >= 11 is 0. The Kier molecular flexibility index (Phi) is 18.6. The highest BCUT2D eigenvalue weighted by atomic mass is 16.5. The third-order valence-electron chi connectivity index (χ3n) is 14.0. The molecular formula is C70H74N2O8. The minimum Gasteiger partial charge on any atom is -0.507 e. The van der Waals surface area contributed by atoms with Gasteiger partial charge < -0.3 is 38.6 Å². The van der Waals surface area contributed by atoms with E-state index in [4.69, 9.17) is 38.4 Å². The van der Waals surface area contributed by atoms with E-state index in [-0.39, 0.29) is 36.8 Å². The molecule has 0 aliphatic heterocycles. The maximum atomic E-state index is 11.8. The first-order valence-electron chi connectivity index (χ1n) is 27.7. The molecule has 0 saturated heterocycles. The van der Waals surface area contributed by atoms with Crippen LogP contribution in [0.1, 0.15) is 123 Å². The van der Waals surface area contributed by atoms with Crippen LogP contribution in [0.4, 0.5) is 0 Å². The molecule has 0 bridgehead atoms. The molecule has 1 aliphatic rings. The van der Waals surface area contributed by atoms with E-state index in [0.717, 1.165) is 70.2 Å². The van der Waals surface area contributed by atoms with Gasteiger partial charge in [-0.25, -0.2) is 0 Å². The maximum Gasteiger partial charge on any atom is 0.128 e. The Morgan fingerprint density at radius 3 is 0.900 bits per heavy atom. The van der Waals surface area contributed by atoms with Gasteiger partial charge in [0.15, 0.2) is 0 Å². The van der Waals surface area contributed by atoms with Crippen molar-refractivity contribution in [2.75, 3.05) is 0 Å². The van der Waals surface area contributed by atoms with Gasteiger partial charge in [-0.15, -0.1) is 0 Å². The first-order chi connectivity index (χ1) is 38.7. The fourth-order valence-electron chi connectivity index (χ4n) is 9.62. The van der Waals surface area contributed by atoms with Crippen molar-refractivity contribution in [3.8, 4) is 46.0 Å². The quantitative estimate of drug-likeness (QED) is 0.0644. The van der Waals surface area contributed by atoms with Crippen LogP contribution in [0.15, 0.2) is 192 Å². The van der Waals surface area contributed by atoms with Gasteiger partial charge in [-0.05, 0) is 106 Å². The zero-order valence-electron chi connectivity index (χ0n) is 46.9. The zero-order valence-corrected chi connectivity index (χ0v) is 46.9. The van der Waals surface area contributed by atoms with Crippen LogP contribution in [0.3, 0.4) is 0 Å². The first-order valence-corrected chi connectivity index (χ1v) is 27.7. The molecule has 10 nitrogen and oxygen atoms in total. The van der Waals surface area contributed by atoms with Gasteiger partial charge in [0.05, 0.1) is 12.1 Å². The van der Waals surface area contributed by atoms with Crippen LogP contribution in [-0.4, -0.2) is 34.7 Å². The lowest BCUT2D eigenvalue weighted by molar-refractivity contribution is 0.281. The molecule has 9 rings (SSSR count). The highest BCUT2D eigenvalue weighted by Crippen LogP contribution is 2.39. The number of rotatable bonds is 22. The molecule has 0 radical (unpaired) electrons.